The third-order valence-corrected chi connectivity index (χ3v) is 4.28. The van der Waals surface area contributed by atoms with Crippen LogP contribution < -0.4 is 4.74 Å². The molecule has 1 aliphatic carbocycles. The molecule has 0 amide bonds. The smallest absolute Gasteiger partial charge is 0.339 e. The van der Waals surface area contributed by atoms with Crippen molar-refractivity contribution in [2.75, 3.05) is 7.11 Å². The number of hydrogen-bond donors (Lipinski definition) is 1. The molecular formula is C18H15FN4O3. The van der Waals surface area contributed by atoms with Crippen molar-refractivity contribution in [3.8, 4) is 23.0 Å². The van der Waals surface area contributed by atoms with Crippen molar-refractivity contribution in [3.05, 3.63) is 53.7 Å². The average Bonchev–Trinajstić information content (AvgIpc) is 3.39. The molecule has 2 heterocycles. The van der Waals surface area contributed by atoms with Crippen LogP contribution in [-0.2, 0) is 0 Å². The number of carboxylic acids is 1. The van der Waals surface area contributed by atoms with Gasteiger partial charge >= 0.3 is 5.97 Å². The zero-order valence-electron chi connectivity index (χ0n) is 13.9. The van der Waals surface area contributed by atoms with E-state index in [1.807, 2.05) is 0 Å². The summed E-state index contributed by atoms with van der Waals surface area (Å²) in [5.41, 5.74) is 1.84. The van der Waals surface area contributed by atoms with Crippen molar-refractivity contribution in [2.45, 2.75) is 18.8 Å². The largest absolute Gasteiger partial charge is 0.494 e. The summed E-state index contributed by atoms with van der Waals surface area (Å²) >= 11 is 0. The Balaban J connectivity index is 1.77. The Kier molecular flexibility index (Phi) is 3.87. The van der Waals surface area contributed by atoms with E-state index in [9.17, 15) is 14.3 Å². The maximum absolute atomic E-state index is 14.0. The van der Waals surface area contributed by atoms with Gasteiger partial charge in [-0.15, -0.1) is 0 Å². The van der Waals surface area contributed by atoms with Gasteiger partial charge < -0.3 is 9.84 Å². The molecule has 7 nitrogen and oxygen atoms in total. The average molecular weight is 354 g/mol. The van der Waals surface area contributed by atoms with Gasteiger partial charge in [-0.05, 0) is 37.1 Å². The van der Waals surface area contributed by atoms with E-state index < -0.39 is 11.8 Å². The van der Waals surface area contributed by atoms with E-state index in [1.54, 1.807) is 18.3 Å². The van der Waals surface area contributed by atoms with Crippen LogP contribution in [0.1, 0.15) is 34.8 Å². The number of aromatic nitrogens is 4. The minimum Gasteiger partial charge on any atom is -0.494 e. The van der Waals surface area contributed by atoms with Crippen molar-refractivity contribution >= 4 is 5.97 Å². The second-order valence-electron chi connectivity index (χ2n) is 6.03. The van der Waals surface area contributed by atoms with Gasteiger partial charge in [0.05, 0.1) is 24.7 Å². The molecule has 1 N–H and O–H groups in total. The summed E-state index contributed by atoms with van der Waals surface area (Å²) in [6.07, 6.45) is 4.68. The molecule has 0 spiro atoms. The molecule has 1 aromatic carbocycles. The number of hydrogen-bond acceptors (Lipinski definition) is 5. The Morgan fingerprint density at radius 3 is 2.81 bits per heavy atom. The van der Waals surface area contributed by atoms with Gasteiger partial charge in [-0.1, -0.05) is 0 Å². The van der Waals surface area contributed by atoms with Gasteiger partial charge in [-0.3, -0.25) is 0 Å². The SMILES string of the molecule is COc1ccc(-c2ccnc(-n3ncc(C(=O)O)c3C3CC3)n2)cc1F. The standard InChI is InChI=1S/C18H15FN4O3/c1-26-15-5-4-11(8-13(15)19)14-6-7-20-18(22-14)23-16(10-2-3-10)12(9-21-23)17(24)25/h4-10H,2-3H2,1H3,(H,24,25). The first-order chi connectivity index (χ1) is 12.6. The predicted molar refractivity (Wildman–Crippen MR) is 90.0 cm³/mol. The highest BCUT2D eigenvalue weighted by Gasteiger charge is 2.33. The summed E-state index contributed by atoms with van der Waals surface area (Å²) in [7, 11) is 1.40. The van der Waals surface area contributed by atoms with E-state index >= 15 is 0 Å². The number of aromatic carboxylic acids is 1. The zero-order chi connectivity index (χ0) is 18.3. The van der Waals surface area contributed by atoms with E-state index in [0.717, 1.165) is 12.8 Å². The second kappa shape index (κ2) is 6.21. The minimum atomic E-state index is -1.02. The van der Waals surface area contributed by atoms with E-state index in [4.69, 9.17) is 4.74 Å². The fraction of sp³-hybridized carbons (Fsp3) is 0.222. The normalized spacial score (nSPS) is 13.6. The molecule has 0 aliphatic heterocycles. The predicted octanol–water partition coefficient (Wildman–Crippen LogP) is 3.05. The second-order valence-corrected chi connectivity index (χ2v) is 6.03. The molecule has 0 bridgehead atoms. The molecule has 1 saturated carbocycles. The lowest BCUT2D eigenvalue weighted by Gasteiger charge is -2.08. The van der Waals surface area contributed by atoms with Crippen LogP contribution in [0, 0.1) is 5.82 Å². The van der Waals surface area contributed by atoms with Crippen molar-refractivity contribution in [1.29, 1.82) is 0 Å². The summed E-state index contributed by atoms with van der Waals surface area (Å²) < 4.78 is 20.4. The van der Waals surface area contributed by atoms with Gasteiger partial charge in [-0.2, -0.15) is 5.10 Å². The molecule has 0 unspecified atom stereocenters. The number of rotatable bonds is 5. The lowest BCUT2D eigenvalue weighted by molar-refractivity contribution is 0.0695. The first-order valence-electron chi connectivity index (χ1n) is 8.07. The quantitative estimate of drug-likeness (QED) is 0.757. The summed E-state index contributed by atoms with van der Waals surface area (Å²) in [6.45, 7) is 0. The van der Waals surface area contributed by atoms with Crippen LogP contribution in [0.5, 0.6) is 5.75 Å². The lowest BCUT2D eigenvalue weighted by Crippen LogP contribution is -2.09. The van der Waals surface area contributed by atoms with Crippen molar-refractivity contribution in [2.24, 2.45) is 0 Å². The van der Waals surface area contributed by atoms with Crippen molar-refractivity contribution in [1.82, 2.24) is 19.7 Å². The Morgan fingerprint density at radius 2 is 2.15 bits per heavy atom. The molecule has 1 fully saturated rings. The molecule has 0 atom stereocenters. The van der Waals surface area contributed by atoms with E-state index in [1.165, 1.54) is 30.1 Å². The first-order valence-corrected chi connectivity index (χ1v) is 8.07. The highest BCUT2D eigenvalue weighted by Crippen LogP contribution is 2.42. The highest BCUT2D eigenvalue weighted by molar-refractivity contribution is 5.89. The van der Waals surface area contributed by atoms with Crippen LogP contribution in [0.3, 0.4) is 0 Å². The van der Waals surface area contributed by atoms with Crippen LogP contribution >= 0.6 is 0 Å². The summed E-state index contributed by atoms with van der Waals surface area (Å²) in [6, 6.07) is 6.21. The van der Waals surface area contributed by atoms with Gasteiger partial charge in [0, 0.05) is 17.7 Å². The maximum atomic E-state index is 14.0. The van der Waals surface area contributed by atoms with Crippen molar-refractivity contribution in [3.63, 3.8) is 0 Å². The Bertz CT molecular complexity index is 998. The minimum absolute atomic E-state index is 0.147. The lowest BCUT2D eigenvalue weighted by atomic mass is 10.1. The van der Waals surface area contributed by atoms with E-state index in [0.29, 0.717) is 17.0 Å². The van der Waals surface area contributed by atoms with Crippen LogP contribution in [0.15, 0.2) is 36.7 Å². The number of nitrogens with zero attached hydrogens (tertiary/aromatic N) is 4. The fourth-order valence-corrected chi connectivity index (χ4v) is 2.87. The highest BCUT2D eigenvalue weighted by atomic mass is 19.1. The molecule has 26 heavy (non-hydrogen) atoms. The van der Waals surface area contributed by atoms with E-state index in [2.05, 4.69) is 15.1 Å². The van der Waals surface area contributed by atoms with Crippen LogP contribution in [0.2, 0.25) is 0 Å². The van der Waals surface area contributed by atoms with E-state index in [-0.39, 0.29) is 23.2 Å². The monoisotopic (exact) mass is 354 g/mol. The number of carboxylic acid groups (broad SMARTS) is 1. The molecule has 3 aromatic rings. The molecule has 1 aliphatic rings. The number of halogens is 1. The van der Waals surface area contributed by atoms with Crippen LogP contribution in [-0.4, -0.2) is 37.9 Å². The van der Waals surface area contributed by atoms with Gasteiger partial charge in [0.15, 0.2) is 11.6 Å². The van der Waals surface area contributed by atoms with Crippen LogP contribution in [0.4, 0.5) is 4.39 Å². The van der Waals surface area contributed by atoms with Gasteiger partial charge in [-0.25, -0.2) is 23.8 Å². The molecule has 0 saturated heterocycles. The van der Waals surface area contributed by atoms with Crippen LogP contribution in [0.25, 0.3) is 17.2 Å². The van der Waals surface area contributed by atoms with Gasteiger partial charge in [0.1, 0.15) is 5.56 Å². The molecule has 2 aromatic heterocycles. The maximum Gasteiger partial charge on any atom is 0.339 e. The zero-order valence-corrected chi connectivity index (χ0v) is 13.9. The number of methoxy groups -OCH3 is 1. The van der Waals surface area contributed by atoms with Gasteiger partial charge in [0.2, 0.25) is 0 Å². The number of ether oxygens (including phenoxy) is 1. The summed E-state index contributed by atoms with van der Waals surface area (Å²) in [5.74, 6) is -0.956. The summed E-state index contributed by atoms with van der Waals surface area (Å²) in [4.78, 5) is 20.1. The molecular weight excluding hydrogens is 339 g/mol. The number of carbonyl (C=O) groups is 1. The first kappa shape index (κ1) is 16.2. The fourth-order valence-electron chi connectivity index (χ4n) is 2.87. The summed E-state index contributed by atoms with van der Waals surface area (Å²) in [5, 5.41) is 13.5. The Hall–Kier alpha value is -3.29. The molecule has 4 rings (SSSR count). The Labute approximate surface area is 148 Å². The molecule has 132 valence electrons. The molecule has 0 radical (unpaired) electrons. The van der Waals surface area contributed by atoms with Crippen molar-refractivity contribution < 1.29 is 19.0 Å². The van der Waals surface area contributed by atoms with Gasteiger partial charge in [0.25, 0.3) is 5.95 Å². The third-order valence-electron chi connectivity index (χ3n) is 4.28. The number of benzene rings is 1. The third kappa shape index (κ3) is 2.79. The molecule has 8 heteroatoms. The topological polar surface area (TPSA) is 90.1 Å². The Morgan fingerprint density at radius 1 is 1.35 bits per heavy atom.